The van der Waals surface area contributed by atoms with Crippen LogP contribution in [0.25, 0.3) is 0 Å². The second-order valence-electron chi connectivity index (χ2n) is 6.85. The number of morpholine rings is 1. The Kier molecular flexibility index (Phi) is 6.91. The topological polar surface area (TPSA) is 62.7 Å². The maximum atomic E-state index is 12.9. The molecule has 0 radical (unpaired) electrons. The van der Waals surface area contributed by atoms with E-state index in [0.29, 0.717) is 44.2 Å². The Morgan fingerprint density at radius 3 is 2.85 bits per heavy atom. The quantitative estimate of drug-likeness (QED) is 0.737. The lowest BCUT2D eigenvalue weighted by Crippen LogP contribution is -2.42. The predicted molar refractivity (Wildman–Crippen MR) is 101 cm³/mol. The standard InChI is InChI=1S/C19H27N3O3S/c1-26-18-16(5-2-8-20-18)19(24)22-9-3-4-15(14-22)6-7-17(23)21-10-12-25-13-11-21/h2,5,8,15H,3-4,6-7,9-14H2,1H3/t15-/m1/s1. The van der Waals surface area contributed by atoms with Gasteiger partial charge in [0.15, 0.2) is 0 Å². The molecule has 3 heterocycles. The van der Waals surface area contributed by atoms with Crippen LogP contribution in [0.3, 0.4) is 0 Å². The van der Waals surface area contributed by atoms with Crippen LogP contribution >= 0.6 is 11.8 Å². The van der Waals surface area contributed by atoms with E-state index in [2.05, 4.69) is 4.98 Å². The van der Waals surface area contributed by atoms with E-state index in [-0.39, 0.29) is 11.8 Å². The summed E-state index contributed by atoms with van der Waals surface area (Å²) in [4.78, 5) is 33.4. The Hall–Kier alpha value is -1.60. The lowest BCUT2D eigenvalue weighted by Gasteiger charge is -2.33. The first-order valence-electron chi connectivity index (χ1n) is 9.33. The first kappa shape index (κ1) is 19.2. The molecule has 1 aromatic heterocycles. The third kappa shape index (κ3) is 4.76. The Morgan fingerprint density at radius 2 is 2.08 bits per heavy atom. The van der Waals surface area contributed by atoms with Crippen LogP contribution in [0.15, 0.2) is 23.4 Å². The second kappa shape index (κ2) is 9.37. The maximum Gasteiger partial charge on any atom is 0.256 e. The molecule has 142 valence electrons. The van der Waals surface area contributed by atoms with Gasteiger partial charge < -0.3 is 14.5 Å². The van der Waals surface area contributed by atoms with Crippen LogP contribution in [0, 0.1) is 5.92 Å². The van der Waals surface area contributed by atoms with Gasteiger partial charge in [-0.05, 0) is 43.6 Å². The number of hydrogen-bond donors (Lipinski definition) is 0. The molecule has 1 atom stereocenters. The fraction of sp³-hybridized carbons (Fsp3) is 0.632. The summed E-state index contributed by atoms with van der Waals surface area (Å²) in [6.45, 7) is 4.20. The number of rotatable bonds is 5. The van der Waals surface area contributed by atoms with Crippen LogP contribution in [-0.2, 0) is 9.53 Å². The van der Waals surface area contributed by atoms with Crippen molar-refractivity contribution in [3.05, 3.63) is 23.9 Å². The minimum atomic E-state index is 0.0617. The molecule has 0 N–H and O–H groups in total. The van der Waals surface area contributed by atoms with Crippen molar-refractivity contribution in [3.63, 3.8) is 0 Å². The molecule has 6 nitrogen and oxygen atoms in total. The van der Waals surface area contributed by atoms with Crippen molar-refractivity contribution in [3.8, 4) is 0 Å². The Bertz CT molecular complexity index is 634. The minimum absolute atomic E-state index is 0.0617. The third-order valence-electron chi connectivity index (χ3n) is 5.13. The number of thioether (sulfide) groups is 1. The zero-order valence-electron chi connectivity index (χ0n) is 15.4. The van der Waals surface area contributed by atoms with Crippen molar-refractivity contribution >= 4 is 23.6 Å². The first-order valence-corrected chi connectivity index (χ1v) is 10.6. The number of ether oxygens (including phenoxy) is 1. The number of amides is 2. The molecule has 3 rings (SSSR count). The molecule has 2 amide bonds. The van der Waals surface area contributed by atoms with Gasteiger partial charge in [0.05, 0.1) is 18.8 Å². The molecule has 0 spiro atoms. The lowest BCUT2D eigenvalue weighted by molar-refractivity contribution is -0.135. The Morgan fingerprint density at radius 1 is 1.27 bits per heavy atom. The molecule has 26 heavy (non-hydrogen) atoms. The summed E-state index contributed by atoms with van der Waals surface area (Å²) < 4.78 is 5.30. The molecule has 2 aliphatic heterocycles. The second-order valence-corrected chi connectivity index (χ2v) is 7.65. The predicted octanol–water partition coefficient (Wildman–Crippen LogP) is 2.29. The zero-order chi connectivity index (χ0) is 18.4. The van der Waals surface area contributed by atoms with Crippen molar-refractivity contribution in [1.29, 1.82) is 0 Å². The minimum Gasteiger partial charge on any atom is -0.378 e. The van der Waals surface area contributed by atoms with Crippen LogP contribution in [-0.4, -0.2) is 72.2 Å². The van der Waals surface area contributed by atoms with Gasteiger partial charge in [0.25, 0.3) is 5.91 Å². The van der Waals surface area contributed by atoms with E-state index < -0.39 is 0 Å². The van der Waals surface area contributed by atoms with E-state index >= 15 is 0 Å². The number of carbonyl (C=O) groups excluding carboxylic acids is 2. The highest BCUT2D eigenvalue weighted by atomic mass is 32.2. The number of carbonyl (C=O) groups is 2. The van der Waals surface area contributed by atoms with Gasteiger partial charge in [-0.3, -0.25) is 9.59 Å². The van der Waals surface area contributed by atoms with Crippen molar-refractivity contribution in [2.45, 2.75) is 30.7 Å². The van der Waals surface area contributed by atoms with E-state index in [9.17, 15) is 9.59 Å². The molecular weight excluding hydrogens is 350 g/mol. The fourth-order valence-electron chi connectivity index (χ4n) is 3.67. The van der Waals surface area contributed by atoms with Gasteiger partial charge in [-0.2, -0.15) is 0 Å². The van der Waals surface area contributed by atoms with Gasteiger partial charge in [0.2, 0.25) is 5.91 Å². The summed E-state index contributed by atoms with van der Waals surface area (Å²) in [5, 5.41) is 0.780. The molecule has 7 heteroatoms. The number of pyridine rings is 1. The number of aromatic nitrogens is 1. The molecule has 0 saturated carbocycles. The average Bonchev–Trinajstić information content (AvgIpc) is 2.72. The summed E-state index contributed by atoms with van der Waals surface area (Å²) >= 11 is 1.50. The molecule has 0 aromatic carbocycles. The van der Waals surface area contributed by atoms with E-state index in [1.165, 1.54) is 11.8 Å². The highest BCUT2D eigenvalue weighted by Crippen LogP contribution is 2.25. The van der Waals surface area contributed by atoms with Crippen molar-refractivity contribution in [1.82, 2.24) is 14.8 Å². The Labute approximate surface area is 159 Å². The molecule has 2 saturated heterocycles. The van der Waals surface area contributed by atoms with Gasteiger partial charge in [-0.1, -0.05) is 0 Å². The molecule has 0 aliphatic carbocycles. The summed E-state index contributed by atoms with van der Waals surface area (Å²) in [6, 6.07) is 3.67. The normalized spacial score (nSPS) is 20.9. The summed E-state index contributed by atoms with van der Waals surface area (Å²) in [6.07, 6.45) is 7.16. The molecule has 1 aromatic rings. The summed E-state index contributed by atoms with van der Waals surface area (Å²) in [5.41, 5.74) is 0.685. The highest BCUT2D eigenvalue weighted by Gasteiger charge is 2.27. The highest BCUT2D eigenvalue weighted by molar-refractivity contribution is 7.98. The lowest BCUT2D eigenvalue weighted by atomic mass is 9.92. The van der Waals surface area contributed by atoms with Crippen LogP contribution in [0.5, 0.6) is 0 Å². The zero-order valence-corrected chi connectivity index (χ0v) is 16.2. The van der Waals surface area contributed by atoms with Gasteiger partial charge >= 0.3 is 0 Å². The van der Waals surface area contributed by atoms with Gasteiger partial charge in [-0.25, -0.2) is 4.98 Å². The van der Waals surface area contributed by atoms with Gasteiger partial charge in [0.1, 0.15) is 5.03 Å². The fourth-order valence-corrected chi connectivity index (χ4v) is 4.21. The van der Waals surface area contributed by atoms with Crippen molar-refractivity contribution in [2.24, 2.45) is 5.92 Å². The number of nitrogens with zero attached hydrogens (tertiary/aromatic N) is 3. The van der Waals surface area contributed by atoms with Crippen molar-refractivity contribution < 1.29 is 14.3 Å². The largest absolute Gasteiger partial charge is 0.378 e. The van der Waals surface area contributed by atoms with Crippen LogP contribution in [0.1, 0.15) is 36.0 Å². The van der Waals surface area contributed by atoms with Gasteiger partial charge in [0, 0.05) is 38.8 Å². The Balaban J connectivity index is 1.53. The molecule has 0 unspecified atom stereocenters. The number of hydrogen-bond acceptors (Lipinski definition) is 5. The van der Waals surface area contributed by atoms with Gasteiger partial charge in [-0.15, -0.1) is 11.8 Å². The van der Waals surface area contributed by atoms with Crippen LogP contribution < -0.4 is 0 Å². The maximum absolute atomic E-state index is 12.9. The number of likely N-dealkylation sites (tertiary alicyclic amines) is 1. The van der Waals surface area contributed by atoms with Crippen LogP contribution in [0.4, 0.5) is 0 Å². The summed E-state index contributed by atoms with van der Waals surface area (Å²) in [7, 11) is 0. The van der Waals surface area contributed by atoms with E-state index in [0.717, 1.165) is 37.4 Å². The molecule has 0 bridgehead atoms. The van der Waals surface area contributed by atoms with Crippen molar-refractivity contribution in [2.75, 3.05) is 45.6 Å². The molecule has 2 fully saturated rings. The molecular formula is C19H27N3O3S. The SMILES string of the molecule is CSc1ncccc1C(=O)N1CCC[C@H](CCC(=O)N2CCOCC2)C1. The molecule has 2 aliphatic rings. The monoisotopic (exact) mass is 377 g/mol. The first-order chi connectivity index (χ1) is 12.7. The van der Waals surface area contributed by atoms with E-state index in [1.807, 2.05) is 28.2 Å². The number of piperidine rings is 1. The van der Waals surface area contributed by atoms with E-state index in [1.54, 1.807) is 6.20 Å². The summed E-state index contributed by atoms with van der Waals surface area (Å²) in [5.74, 6) is 0.674. The smallest absolute Gasteiger partial charge is 0.256 e. The third-order valence-corrected chi connectivity index (χ3v) is 5.84. The van der Waals surface area contributed by atoms with E-state index in [4.69, 9.17) is 4.74 Å². The van der Waals surface area contributed by atoms with Crippen LogP contribution in [0.2, 0.25) is 0 Å². The average molecular weight is 378 g/mol.